The van der Waals surface area contributed by atoms with E-state index in [0.29, 0.717) is 0 Å². The van der Waals surface area contributed by atoms with Gasteiger partial charge in [-0.05, 0) is 32.1 Å². The molecule has 1 aliphatic carbocycles. The van der Waals surface area contributed by atoms with Gasteiger partial charge in [-0.1, -0.05) is 31.8 Å². The van der Waals surface area contributed by atoms with Crippen LogP contribution in [0.2, 0.25) is 0 Å². The monoisotopic (exact) mass is 281 g/mol. The number of morpholine rings is 1. The van der Waals surface area contributed by atoms with Gasteiger partial charge < -0.3 is 9.84 Å². The van der Waals surface area contributed by atoms with E-state index in [4.69, 9.17) is 4.74 Å². The second-order valence-electron chi connectivity index (χ2n) is 6.35. The van der Waals surface area contributed by atoms with Crippen LogP contribution in [-0.2, 0) is 4.74 Å². The maximum atomic E-state index is 10.8. The molecule has 0 aromatic carbocycles. The summed E-state index contributed by atoms with van der Waals surface area (Å²) >= 11 is 0. The minimum absolute atomic E-state index is 0.0578. The van der Waals surface area contributed by atoms with Crippen LogP contribution >= 0.6 is 0 Å². The Balaban J connectivity index is 1.84. The minimum Gasteiger partial charge on any atom is -0.391 e. The highest BCUT2D eigenvalue weighted by molar-refractivity contribution is 5.00. The van der Waals surface area contributed by atoms with Gasteiger partial charge in [-0.3, -0.25) is 4.90 Å². The highest BCUT2D eigenvalue weighted by atomic mass is 16.5. The van der Waals surface area contributed by atoms with Crippen LogP contribution in [0.3, 0.4) is 0 Å². The molecular formula is C17H31NO2. The average molecular weight is 281 g/mol. The van der Waals surface area contributed by atoms with Crippen molar-refractivity contribution in [3.63, 3.8) is 0 Å². The predicted octanol–water partition coefficient (Wildman–Crippen LogP) is 3.13. The van der Waals surface area contributed by atoms with Gasteiger partial charge in [-0.15, -0.1) is 6.58 Å². The van der Waals surface area contributed by atoms with Gasteiger partial charge in [0.15, 0.2) is 0 Å². The van der Waals surface area contributed by atoms with Gasteiger partial charge in [0.2, 0.25) is 0 Å². The lowest BCUT2D eigenvalue weighted by Gasteiger charge is -2.46. The Labute approximate surface area is 124 Å². The molecule has 1 atom stereocenters. The van der Waals surface area contributed by atoms with E-state index < -0.39 is 0 Å². The zero-order valence-electron chi connectivity index (χ0n) is 12.9. The van der Waals surface area contributed by atoms with Crippen LogP contribution in [-0.4, -0.2) is 48.0 Å². The highest BCUT2D eigenvalue weighted by Gasteiger charge is 2.45. The molecule has 1 unspecified atom stereocenters. The first-order valence-electron chi connectivity index (χ1n) is 8.41. The third kappa shape index (κ3) is 3.84. The molecule has 0 aromatic rings. The predicted molar refractivity (Wildman–Crippen MR) is 82.9 cm³/mol. The number of hydrogen-bond donors (Lipinski definition) is 1. The Morgan fingerprint density at radius 1 is 1.15 bits per heavy atom. The van der Waals surface area contributed by atoms with Crippen LogP contribution in [0.15, 0.2) is 12.7 Å². The van der Waals surface area contributed by atoms with Crippen molar-refractivity contribution in [3.8, 4) is 0 Å². The van der Waals surface area contributed by atoms with E-state index in [1.165, 1.54) is 38.5 Å². The lowest BCUT2D eigenvalue weighted by Crippen LogP contribution is -2.58. The summed E-state index contributed by atoms with van der Waals surface area (Å²) in [6.45, 7) is 7.40. The zero-order valence-corrected chi connectivity index (χ0v) is 12.9. The molecule has 116 valence electrons. The largest absolute Gasteiger partial charge is 0.391 e. The van der Waals surface area contributed by atoms with Crippen molar-refractivity contribution in [2.75, 3.05) is 26.3 Å². The standard InChI is InChI=1S/C17H31NO2/c1-2-3-4-5-6-9-16(19)17(10-7-8-11-17)18-12-14-20-15-13-18/h2,16,19H,1,3-15H2. The fraction of sp³-hybridized carbons (Fsp3) is 0.882. The Kier molecular flexibility index (Phi) is 6.53. The smallest absolute Gasteiger partial charge is 0.0723 e. The molecule has 1 N–H and O–H groups in total. The number of ether oxygens (including phenoxy) is 1. The molecule has 0 amide bonds. The maximum absolute atomic E-state index is 10.8. The second kappa shape index (κ2) is 8.16. The number of aliphatic hydroxyl groups excluding tert-OH is 1. The van der Waals surface area contributed by atoms with Gasteiger partial charge in [0.05, 0.1) is 19.3 Å². The lowest BCUT2D eigenvalue weighted by molar-refractivity contribution is -0.0784. The van der Waals surface area contributed by atoms with E-state index in [1.54, 1.807) is 0 Å². The quantitative estimate of drug-likeness (QED) is 0.548. The van der Waals surface area contributed by atoms with Gasteiger partial charge in [0, 0.05) is 18.6 Å². The van der Waals surface area contributed by atoms with Crippen LogP contribution in [0.5, 0.6) is 0 Å². The van der Waals surface area contributed by atoms with Gasteiger partial charge in [-0.25, -0.2) is 0 Å². The van der Waals surface area contributed by atoms with Crippen molar-refractivity contribution >= 4 is 0 Å². The molecule has 0 spiro atoms. The van der Waals surface area contributed by atoms with E-state index in [-0.39, 0.29) is 11.6 Å². The SMILES string of the molecule is C=CCCCCCC(O)C1(N2CCOCC2)CCCC1. The van der Waals surface area contributed by atoms with Crippen molar-refractivity contribution in [1.29, 1.82) is 0 Å². The molecule has 0 bridgehead atoms. The number of nitrogens with zero attached hydrogens (tertiary/aromatic N) is 1. The molecule has 1 aliphatic heterocycles. The second-order valence-corrected chi connectivity index (χ2v) is 6.35. The van der Waals surface area contributed by atoms with Crippen molar-refractivity contribution in [2.45, 2.75) is 69.4 Å². The van der Waals surface area contributed by atoms with Crippen molar-refractivity contribution in [3.05, 3.63) is 12.7 Å². The van der Waals surface area contributed by atoms with Crippen LogP contribution in [0.1, 0.15) is 57.8 Å². The number of aliphatic hydroxyl groups is 1. The lowest BCUT2D eigenvalue weighted by atomic mass is 9.85. The number of unbranched alkanes of at least 4 members (excludes halogenated alkanes) is 3. The summed E-state index contributed by atoms with van der Waals surface area (Å²) in [6.07, 6.45) is 12.3. The summed E-state index contributed by atoms with van der Waals surface area (Å²) in [6, 6.07) is 0. The van der Waals surface area contributed by atoms with E-state index in [2.05, 4.69) is 11.5 Å². The van der Waals surface area contributed by atoms with Crippen molar-refractivity contribution in [2.24, 2.45) is 0 Å². The van der Waals surface area contributed by atoms with Crippen molar-refractivity contribution < 1.29 is 9.84 Å². The minimum atomic E-state index is -0.160. The van der Waals surface area contributed by atoms with E-state index in [9.17, 15) is 5.11 Å². The molecule has 20 heavy (non-hydrogen) atoms. The van der Waals surface area contributed by atoms with Gasteiger partial charge >= 0.3 is 0 Å². The zero-order chi connectivity index (χ0) is 14.3. The summed E-state index contributed by atoms with van der Waals surface area (Å²) in [7, 11) is 0. The Bertz CT molecular complexity index is 281. The Morgan fingerprint density at radius 2 is 1.85 bits per heavy atom. The van der Waals surface area contributed by atoms with Gasteiger partial charge in [0.25, 0.3) is 0 Å². The van der Waals surface area contributed by atoms with Crippen LogP contribution in [0, 0.1) is 0 Å². The molecular weight excluding hydrogens is 250 g/mol. The highest BCUT2D eigenvalue weighted by Crippen LogP contribution is 2.40. The van der Waals surface area contributed by atoms with Crippen LogP contribution in [0.4, 0.5) is 0 Å². The average Bonchev–Trinajstić information content (AvgIpc) is 2.99. The third-order valence-electron chi connectivity index (χ3n) is 5.12. The topological polar surface area (TPSA) is 32.7 Å². The fourth-order valence-corrected chi connectivity index (χ4v) is 3.93. The molecule has 2 rings (SSSR count). The molecule has 1 saturated carbocycles. The van der Waals surface area contributed by atoms with E-state index in [1.807, 2.05) is 6.08 Å². The molecule has 1 heterocycles. The molecule has 3 heteroatoms. The molecule has 2 aliphatic rings. The van der Waals surface area contributed by atoms with E-state index >= 15 is 0 Å². The first-order chi connectivity index (χ1) is 9.79. The maximum Gasteiger partial charge on any atom is 0.0723 e. The molecule has 1 saturated heterocycles. The fourth-order valence-electron chi connectivity index (χ4n) is 3.93. The third-order valence-corrected chi connectivity index (χ3v) is 5.12. The first kappa shape index (κ1) is 16.0. The number of allylic oxidation sites excluding steroid dienone is 1. The van der Waals surface area contributed by atoms with Crippen molar-refractivity contribution in [1.82, 2.24) is 4.90 Å². The molecule has 0 aromatic heterocycles. The molecule has 3 nitrogen and oxygen atoms in total. The summed E-state index contributed by atoms with van der Waals surface area (Å²) in [5.74, 6) is 0. The van der Waals surface area contributed by atoms with Gasteiger partial charge in [-0.2, -0.15) is 0 Å². The molecule has 0 radical (unpaired) electrons. The van der Waals surface area contributed by atoms with Crippen LogP contribution < -0.4 is 0 Å². The van der Waals surface area contributed by atoms with Gasteiger partial charge in [0.1, 0.15) is 0 Å². The Hall–Kier alpha value is -0.380. The summed E-state index contributed by atoms with van der Waals surface area (Å²) in [5.41, 5.74) is 0.0578. The summed E-state index contributed by atoms with van der Waals surface area (Å²) < 4.78 is 5.48. The van der Waals surface area contributed by atoms with Crippen LogP contribution in [0.25, 0.3) is 0 Å². The summed E-state index contributed by atoms with van der Waals surface area (Å²) in [4.78, 5) is 2.53. The Morgan fingerprint density at radius 3 is 2.50 bits per heavy atom. The van der Waals surface area contributed by atoms with E-state index in [0.717, 1.165) is 45.6 Å². The first-order valence-corrected chi connectivity index (χ1v) is 8.41. The number of hydrogen-bond acceptors (Lipinski definition) is 3. The summed E-state index contributed by atoms with van der Waals surface area (Å²) in [5, 5.41) is 10.8. The number of rotatable bonds is 8. The normalized spacial score (nSPS) is 24.6. The molecule has 2 fully saturated rings.